The largest absolute Gasteiger partial charge is 0.431 e. The molecule has 7 nitrogen and oxygen atoms in total. The van der Waals surface area contributed by atoms with Gasteiger partial charge in [0.1, 0.15) is 5.52 Å². The van der Waals surface area contributed by atoms with Crippen molar-refractivity contribution in [1.82, 2.24) is 10.3 Å². The van der Waals surface area contributed by atoms with Crippen LogP contribution in [-0.4, -0.2) is 21.6 Å². The fourth-order valence-corrected chi connectivity index (χ4v) is 3.69. The van der Waals surface area contributed by atoms with E-state index < -0.39 is 4.92 Å². The fourth-order valence-electron chi connectivity index (χ4n) is 3.04. The number of carbonyl (C=O) groups is 1. The van der Waals surface area contributed by atoms with Gasteiger partial charge in [0.2, 0.25) is 5.91 Å². The minimum absolute atomic E-state index is 0.0516. The Morgan fingerprint density at radius 3 is 2.76 bits per heavy atom. The van der Waals surface area contributed by atoms with Crippen molar-refractivity contribution in [1.29, 1.82) is 0 Å². The number of hydrogen-bond acceptors (Lipinski definition) is 6. The lowest BCUT2D eigenvalue weighted by molar-refractivity contribution is -0.384. The zero-order valence-corrected chi connectivity index (χ0v) is 16.3. The molecule has 0 bridgehead atoms. The third kappa shape index (κ3) is 4.22. The third-order valence-electron chi connectivity index (χ3n) is 4.54. The molecule has 0 unspecified atom stereocenters. The van der Waals surface area contributed by atoms with Crippen LogP contribution < -0.4 is 5.32 Å². The maximum absolute atomic E-state index is 12.3. The predicted octanol–water partition coefficient (Wildman–Crippen LogP) is 4.86. The number of aromatic nitrogens is 1. The normalized spacial score (nSPS) is 12.2. The predicted molar refractivity (Wildman–Crippen MR) is 112 cm³/mol. The zero-order valence-electron chi connectivity index (χ0n) is 15.5. The van der Waals surface area contributed by atoms with E-state index in [-0.39, 0.29) is 23.4 Å². The molecule has 0 fully saturated rings. The second-order valence-corrected chi connectivity index (χ2v) is 7.50. The molecule has 1 N–H and O–H groups in total. The number of fused-ring (bicyclic) bond motifs is 2. The van der Waals surface area contributed by atoms with E-state index in [2.05, 4.69) is 16.4 Å². The molecular weight excluding hydrogens is 390 g/mol. The first kappa shape index (κ1) is 18.9. The maximum atomic E-state index is 12.3. The lowest BCUT2D eigenvalue weighted by Crippen LogP contribution is -2.28. The number of benzene rings is 3. The van der Waals surface area contributed by atoms with Crippen molar-refractivity contribution >= 4 is 45.2 Å². The van der Waals surface area contributed by atoms with Crippen molar-refractivity contribution in [3.63, 3.8) is 0 Å². The lowest BCUT2D eigenvalue weighted by atomic mass is 10.0. The first-order chi connectivity index (χ1) is 14.0. The Hall–Kier alpha value is -3.39. The van der Waals surface area contributed by atoms with Crippen LogP contribution in [0.5, 0.6) is 0 Å². The summed E-state index contributed by atoms with van der Waals surface area (Å²) in [6.07, 6.45) is 0. The van der Waals surface area contributed by atoms with Crippen LogP contribution in [0.3, 0.4) is 0 Å². The van der Waals surface area contributed by atoms with Crippen LogP contribution >= 0.6 is 11.8 Å². The maximum Gasteiger partial charge on any atom is 0.271 e. The molecule has 1 aromatic heterocycles. The first-order valence-corrected chi connectivity index (χ1v) is 9.94. The Labute approximate surface area is 170 Å². The molecule has 0 aliphatic rings. The van der Waals surface area contributed by atoms with Crippen molar-refractivity contribution in [2.45, 2.75) is 18.2 Å². The molecule has 1 atom stereocenters. The van der Waals surface area contributed by atoms with Crippen LogP contribution in [0.1, 0.15) is 18.5 Å². The Morgan fingerprint density at radius 2 is 1.97 bits per heavy atom. The van der Waals surface area contributed by atoms with E-state index in [4.69, 9.17) is 4.42 Å². The highest BCUT2D eigenvalue weighted by molar-refractivity contribution is 7.99. The molecule has 1 amide bonds. The monoisotopic (exact) mass is 407 g/mol. The molecule has 4 aromatic rings. The summed E-state index contributed by atoms with van der Waals surface area (Å²) in [5.74, 6) is -0.0174. The highest BCUT2D eigenvalue weighted by Gasteiger charge is 2.15. The Morgan fingerprint density at radius 1 is 1.17 bits per heavy atom. The summed E-state index contributed by atoms with van der Waals surface area (Å²) in [4.78, 5) is 26.9. The second kappa shape index (κ2) is 7.92. The van der Waals surface area contributed by atoms with Crippen molar-refractivity contribution in [2.24, 2.45) is 0 Å². The van der Waals surface area contributed by atoms with Gasteiger partial charge in [-0.25, -0.2) is 4.98 Å². The van der Waals surface area contributed by atoms with E-state index >= 15 is 0 Å². The molecule has 0 saturated heterocycles. The number of thioether (sulfide) groups is 1. The number of carbonyl (C=O) groups excluding carboxylic acids is 1. The number of amides is 1. The quantitative estimate of drug-likeness (QED) is 0.278. The number of non-ortho nitro benzene ring substituents is 1. The average molecular weight is 407 g/mol. The van der Waals surface area contributed by atoms with E-state index in [0.717, 1.165) is 28.1 Å². The topological polar surface area (TPSA) is 98.3 Å². The zero-order chi connectivity index (χ0) is 20.4. The van der Waals surface area contributed by atoms with Gasteiger partial charge < -0.3 is 9.73 Å². The summed E-state index contributed by atoms with van der Waals surface area (Å²) in [7, 11) is 0. The molecule has 0 spiro atoms. The number of oxazole rings is 1. The summed E-state index contributed by atoms with van der Waals surface area (Å²) in [5, 5.41) is 16.4. The van der Waals surface area contributed by atoms with Gasteiger partial charge >= 0.3 is 0 Å². The van der Waals surface area contributed by atoms with Gasteiger partial charge in [-0.3, -0.25) is 14.9 Å². The number of nitro benzene ring substituents is 1. The van der Waals surface area contributed by atoms with Crippen LogP contribution in [0.25, 0.3) is 21.9 Å². The number of hydrogen-bond donors (Lipinski definition) is 1. The highest BCUT2D eigenvalue weighted by atomic mass is 32.2. The van der Waals surface area contributed by atoms with E-state index in [1.807, 2.05) is 43.3 Å². The fraction of sp³-hybridized carbons (Fsp3) is 0.143. The molecule has 29 heavy (non-hydrogen) atoms. The minimum Gasteiger partial charge on any atom is -0.431 e. The average Bonchev–Trinajstić information content (AvgIpc) is 3.14. The van der Waals surface area contributed by atoms with Crippen LogP contribution in [0.4, 0.5) is 5.69 Å². The Bertz CT molecular complexity index is 1220. The van der Waals surface area contributed by atoms with Gasteiger partial charge in [-0.2, -0.15) is 0 Å². The number of nitrogens with zero attached hydrogens (tertiary/aromatic N) is 2. The van der Waals surface area contributed by atoms with Gasteiger partial charge in [0.15, 0.2) is 5.58 Å². The molecule has 0 aliphatic carbocycles. The van der Waals surface area contributed by atoms with Crippen molar-refractivity contribution in [2.75, 3.05) is 5.75 Å². The van der Waals surface area contributed by atoms with Gasteiger partial charge in [-0.1, -0.05) is 48.2 Å². The van der Waals surface area contributed by atoms with Gasteiger partial charge in [0.05, 0.1) is 16.7 Å². The first-order valence-electron chi connectivity index (χ1n) is 8.95. The summed E-state index contributed by atoms with van der Waals surface area (Å²) in [6, 6.07) is 18.3. The van der Waals surface area contributed by atoms with Gasteiger partial charge in [0, 0.05) is 12.1 Å². The molecule has 3 aromatic carbocycles. The number of nitro groups is 1. The summed E-state index contributed by atoms with van der Waals surface area (Å²) < 4.78 is 5.54. The number of rotatable bonds is 6. The van der Waals surface area contributed by atoms with Crippen LogP contribution in [0.2, 0.25) is 0 Å². The molecule has 0 saturated carbocycles. The van der Waals surface area contributed by atoms with E-state index in [0.29, 0.717) is 16.3 Å². The SMILES string of the molecule is C[C@@H](NC(=O)CSc1nc2cc([N+](=O)[O-])ccc2o1)c1ccc2ccccc2c1. The molecule has 0 radical (unpaired) electrons. The molecular formula is C21H17N3O4S. The van der Waals surface area contributed by atoms with Crippen LogP contribution in [0.15, 0.2) is 70.3 Å². The van der Waals surface area contributed by atoms with E-state index in [1.54, 1.807) is 0 Å². The van der Waals surface area contributed by atoms with Crippen LogP contribution in [0, 0.1) is 10.1 Å². The smallest absolute Gasteiger partial charge is 0.271 e. The van der Waals surface area contributed by atoms with Gasteiger partial charge in [-0.05, 0) is 35.4 Å². The standard InChI is InChI=1S/C21H17N3O4S/c1-13(15-7-6-14-4-2-3-5-16(14)10-15)22-20(25)12-29-21-23-18-11-17(24(26)27)8-9-19(18)28-21/h2-11,13H,12H2,1H3,(H,22,25)/t13-/m1/s1. The van der Waals surface area contributed by atoms with Gasteiger partial charge in [0.25, 0.3) is 10.9 Å². The Kier molecular flexibility index (Phi) is 5.18. The lowest BCUT2D eigenvalue weighted by Gasteiger charge is -2.14. The molecule has 8 heteroatoms. The van der Waals surface area contributed by atoms with E-state index in [9.17, 15) is 14.9 Å². The van der Waals surface area contributed by atoms with Crippen LogP contribution in [-0.2, 0) is 4.79 Å². The second-order valence-electron chi connectivity index (χ2n) is 6.57. The van der Waals surface area contributed by atoms with Crippen molar-refractivity contribution in [3.05, 3.63) is 76.3 Å². The molecule has 0 aliphatic heterocycles. The number of nitrogens with one attached hydrogen (secondary N) is 1. The highest BCUT2D eigenvalue weighted by Crippen LogP contribution is 2.26. The van der Waals surface area contributed by atoms with Gasteiger partial charge in [-0.15, -0.1) is 0 Å². The third-order valence-corrected chi connectivity index (χ3v) is 5.37. The molecule has 4 rings (SSSR count). The van der Waals surface area contributed by atoms with Crippen molar-refractivity contribution in [3.8, 4) is 0 Å². The van der Waals surface area contributed by atoms with Crippen molar-refractivity contribution < 1.29 is 14.1 Å². The minimum atomic E-state index is -0.484. The molecule has 1 heterocycles. The summed E-state index contributed by atoms with van der Waals surface area (Å²) >= 11 is 1.15. The summed E-state index contributed by atoms with van der Waals surface area (Å²) in [5.41, 5.74) is 1.82. The van der Waals surface area contributed by atoms with E-state index in [1.165, 1.54) is 18.2 Å². The Balaban J connectivity index is 1.38. The molecule has 146 valence electrons. The summed E-state index contributed by atoms with van der Waals surface area (Å²) in [6.45, 7) is 1.94.